The van der Waals surface area contributed by atoms with E-state index < -0.39 is 17.8 Å². The van der Waals surface area contributed by atoms with E-state index in [2.05, 4.69) is 5.32 Å². The highest BCUT2D eigenvalue weighted by Gasteiger charge is 2.21. The van der Waals surface area contributed by atoms with Crippen molar-refractivity contribution in [3.63, 3.8) is 0 Å². The predicted octanol–water partition coefficient (Wildman–Crippen LogP) is 0.640. The maximum atomic E-state index is 11.2. The van der Waals surface area contributed by atoms with Gasteiger partial charge in [0.1, 0.15) is 5.92 Å². The van der Waals surface area contributed by atoms with Crippen LogP contribution < -0.4 is 5.32 Å². The van der Waals surface area contributed by atoms with Crippen molar-refractivity contribution in [1.29, 1.82) is 0 Å². The molecule has 1 saturated carbocycles. The van der Waals surface area contributed by atoms with Gasteiger partial charge in [0.2, 0.25) is 5.91 Å². The number of hydrogen-bond acceptors (Lipinski definition) is 3. The first-order chi connectivity index (χ1) is 7.61. The van der Waals surface area contributed by atoms with Crippen molar-refractivity contribution < 1.29 is 19.4 Å². The molecule has 1 rings (SSSR count). The van der Waals surface area contributed by atoms with E-state index in [1.54, 1.807) is 0 Å². The summed E-state index contributed by atoms with van der Waals surface area (Å²) in [6.45, 7) is 3.29. The van der Waals surface area contributed by atoms with E-state index >= 15 is 0 Å². The van der Waals surface area contributed by atoms with Crippen molar-refractivity contribution in [3.8, 4) is 0 Å². The van der Waals surface area contributed by atoms with Gasteiger partial charge in [0.15, 0.2) is 0 Å². The number of aliphatic carboxylic acids is 1. The molecule has 1 aliphatic carbocycles. The van der Waals surface area contributed by atoms with E-state index in [-0.39, 0.29) is 0 Å². The van der Waals surface area contributed by atoms with Crippen LogP contribution in [0.15, 0.2) is 0 Å². The zero-order valence-electron chi connectivity index (χ0n) is 9.57. The molecule has 1 unspecified atom stereocenters. The van der Waals surface area contributed by atoms with E-state index in [4.69, 9.17) is 9.84 Å². The minimum Gasteiger partial charge on any atom is -0.481 e. The Morgan fingerprint density at radius 2 is 2.19 bits per heavy atom. The van der Waals surface area contributed by atoms with Crippen LogP contribution in [-0.2, 0) is 14.3 Å². The number of rotatable bonds is 8. The number of carbonyl (C=O) groups excluding carboxylic acids is 1. The third-order valence-corrected chi connectivity index (χ3v) is 2.58. The summed E-state index contributed by atoms with van der Waals surface area (Å²) in [5.41, 5.74) is 0. The molecule has 5 nitrogen and oxygen atoms in total. The van der Waals surface area contributed by atoms with Crippen LogP contribution in [0.2, 0.25) is 0 Å². The molecule has 0 radical (unpaired) electrons. The zero-order valence-corrected chi connectivity index (χ0v) is 9.57. The van der Waals surface area contributed by atoms with Crippen molar-refractivity contribution in [1.82, 2.24) is 5.32 Å². The molecule has 92 valence electrons. The van der Waals surface area contributed by atoms with Gasteiger partial charge in [-0.25, -0.2) is 0 Å². The van der Waals surface area contributed by atoms with E-state index in [9.17, 15) is 9.59 Å². The summed E-state index contributed by atoms with van der Waals surface area (Å²) < 4.78 is 5.38. The van der Waals surface area contributed by atoms with Gasteiger partial charge in [0, 0.05) is 19.8 Å². The van der Waals surface area contributed by atoms with E-state index in [1.807, 2.05) is 0 Å². The second-order valence-corrected chi connectivity index (χ2v) is 4.22. The molecule has 0 saturated heterocycles. The molecular weight excluding hydrogens is 210 g/mol. The van der Waals surface area contributed by atoms with Crippen molar-refractivity contribution in [2.24, 2.45) is 11.8 Å². The molecule has 1 aliphatic rings. The molecule has 0 aliphatic heterocycles. The first-order valence-corrected chi connectivity index (χ1v) is 5.69. The number of carboxylic acids is 1. The van der Waals surface area contributed by atoms with Gasteiger partial charge in [0.25, 0.3) is 0 Å². The summed E-state index contributed by atoms with van der Waals surface area (Å²) in [6.07, 6.45) is 3.27. The molecule has 5 heteroatoms. The standard InChI is InChI=1S/C11H19NO4/c1-8(11(14)15)10(13)12-5-2-6-16-7-9-3-4-9/h8-9H,2-7H2,1H3,(H,12,13)(H,14,15). The molecule has 1 amide bonds. The third kappa shape index (κ3) is 5.11. The second kappa shape index (κ2) is 6.48. The van der Waals surface area contributed by atoms with Crippen LogP contribution in [0, 0.1) is 11.8 Å². The Morgan fingerprint density at radius 3 is 2.75 bits per heavy atom. The molecule has 0 heterocycles. The van der Waals surface area contributed by atoms with E-state index in [1.165, 1.54) is 19.8 Å². The molecule has 0 aromatic heterocycles. The minimum absolute atomic E-state index is 0.435. The smallest absolute Gasteiger partial charge is 0.315 e. The molecule has 16 heavy (non-hydrogen) atoms. The molecule has 0 spiro atoms. The SMILES string of the molecule is CC(C(=O)O)C(=O)NCCCOCC1CC1. The van der Waals surface area contributed by atoms with Crippen molar-refractivity contribution in [2.75, 3.05) is 19.8 Å². The number of carbonyl (C=O) groups is 2. The van der Waals surface area contributed by atoms with Crippen LogP contribution in [0.5, 0.6) is 0 Å². The van der Waals surface area contributed by atoms with Gasteiger partial charge in [-0.2, -0.15) is 0 Å². The Bertz CT molecular complexity index is 250. The maximum Gasteiger partial charge on any atom is 0.315 e. The topological polar surface area (TPSA) is 75.6 Å². The van der Waals surface area contributed by atoms with Gasteiger partial charge in [-0.3, -0.25) is 9.59 Å². The van der Waals surface area contributed by atoms with Crippen molar-refractivity contribution >= 4 is 11.9 Å². The van der Waals surface area contributed by atoms with Crippen molar-refractivity contribution in [2.45, 2.75) is 26.2 Å². The monoisotopic (exact) mass is 229 g/mol. The lowest BCUT2D eigenvalue weighted by molar-refractivity contribution is -0.146. The van der Waals surface area contributed by atoms with Crippen molar-refractivity contribution in [3.05, 3.63) is 0 Å². The summed E-state index contributed by atoms with van der Waals surface area (Å²) in [4.78, 5) is 21.7. The quantitative estimate of drug-likeness (QED) is 0.473. The van der Waals surface area contributed by atoms with Gasteiger partial charge < -0.3 is 15.2 Å². The summed E-state index contributed by atoms with van der Waals surface area (Å²) in [6, 6.07) is 0. The highest BCUT2D eigenvalue weighted by molar-refractivity contribution is 5.96. The Labute approximate surface area is 95.2 Å². The first-order valence-electron chi connectivity index (χ1n) is 5.69. The highest BCUT2D eigenvalue weighted by Crippen LogP contribution is 2.28. The fourth-order valence-electron chi connectivity index (χ4n) is 1.19. The number of hydrogen-bond donors (Lipinski definition) is 2. The Kier molecular flexibility index (Phi) is 5.25. The Morgan fingerprint density at radius 1 is 1.50 bits per heavy atom. The van der Waals surface area contributed by atoms with Gasteiger partial charge >= 0.3 is 5.97 Å². The second-order valence-electron chi connectivity index (χ2n) is 4.22. The van der Waals surface area contributed by atoms with Crippen LogP contribution >= 0.6 is 0 Å². The van der Waals surface area contributed by atoms with Crippen LogP contribution in [0.1, 0.15) is 26.2 Å². The summed E-state index contributed by atoms with van der Waals surface area (Å²) in [5, 5.41) is 11.1. The van der Waals surface area contributed by atoms with Gasteiger partial charge in [-0.15, -0.1) is 0 Å². The third-order valence-electron chi connectivity index (χ3n) is 2.58. The zero-order chi connectivity index (χ0) is 12.0. The number of carboxylic acid groups (broad SMARTS) is 1. The normalized spacial score (nSPS) is 16.8. The van der Waals surface area contributed by atoms with E-state index in [0.717, 1.165) is 18.9 Å². The summed E-state index contributed by atoms with van der Waals surface area (Å²) in [5.74, 6) is -1.76. The largest absolute Gasteiger partial charge is 0.481 e. The Balaban J connectivity index is 1.92. The summed E-state index contributed by atoms with van der Waals surface area (Å²) >= 11 is 0. The number of amides is 1. The molecular formula is C11H19NO4. The maximum absolute atomic E-state index is 11.2. The molecule has 0 aromatic carbocycles. The van der Waals surface area contributed by atoms with Crippen LogP contribution in [0.3, 0.4) is 0 Å². The van der Waals surface area contributed by atoms with Crippen LogP contribution in [-0.4, -0.2) is 36.7 Å². The lowest BCUT2D eigenvalue weighted by atomic mass is 10.2. The highest BCUT2D eigenvalue weighted by atomic mass is 16.5. The lowest BCUT2D eigenvalue weighted by Gasteiger charge is -2.08. The summed E-state index contributed by atoms with van der Waals surface area (Å²) in [7, 11) is 0. The average molecular weight is 229 g/mol. The average Bonchev–Trinajstić information content (AvgIpc) is 3.05. The molecule has 0 bridgehead atoms. The fourth-order valence-corrected chi connectivity index (χ4v) is 1.19. The van der Waals surface area contributed by atoms with Gasteiger partial charge in [0.05, 0.1) is 0 Å². The van der Waals surface area contributed by atoms with Crippen LogP contribution in [0.25, 0.3) is 0 Å². The molecule has 1 fully saturated rings. The predicted molar refractivity (Wildman–Crippen MR) is 58.0 cm³/mol. The van der Waals surface area contributed by atoms with Gasteiger partial charge in [-0.05, 0) is 32.1 Å². The molecule has 1 atom stereocenters. The lowest BCUT2D eigenvalue weighted by Crippen LogP contribution is -2.34. The number of ether oxygens (including phenoxy) is 1. The van der Waals surface area contributed by atoms with Crippen LogP contribution in [0.4, 0.5) is 0 Å². The van der Waals surface area contributed by atoms with Gasteiger partial charge in [-0.1, -0.05) is 0 Å². The Hall–Kier alpha value is -1.10. The molecule has 2 N–H and O–H groups in total. The van der Waals surface area contributed by atoms with E-state index in [0.29, 0.717) is 13.2 Å². The first kappa shape index (κ1) is 13.0. The number of nitrogens with one attached hydrogen (secondary N) is 1. The fraction of sp³-hybridized carbons (Fsp3) is 0.818. The molecule has 0 aromatic rings. The minimum atomic E-state index is -1.09.